The zero-order valence-electron chi connectivity index (χ0n) is 14.4. The van der Waals surface area contributed by atoms with Gasteiger partial charge >= 0.3 is 0 Å². The Bertz CT molecular complexity index is 947. The fourth-order valence-electron chi connectivity index (χ4n) is 3.39. The first-order valence-electron chi connectivity index (χ1n) is 8.86. The highest BCUT2D eigenvalue weighted by atomic mass is 32.1. The van der Waals surface area contributed by atoms with Gasteiger partial charge in [0.15, 0.2) is 0 Å². The molecule has 2 aromatic heterocycles. The molecule has 0 aliphatic carbocycles. The van der Waals surface area contributed by atoms with Crippen LogP contribution >= 0.6 is 11.3 Å². The summed E-state index contributed by atoms with van der Waals surface area (Å²) in [5.74, 6) is 0.258. The highest BCUT2D eigenvalue weighted by Gasteiger charge is 2.19. The fourth-order valence-corrected chi connectivity index (χ4v) is 4.24. The molecule has 2 heterocycles. The monoisotopic (exact) mass is 362 g/mol. The standard InChI is InChI=1S/C22H22N2OS/c25-21(16-7-2-1-3-8-16)15-23-13-19(22-11-6-12-26-22)18-14-24-20-10-5-4-9-17(18)20/h1-12,14,19,21,23-25H,13,15H2/t19-,21-/m0/s1. The van der Waals surface area contributed by atoms with Crippen LogP contribution in [-0.4, -0.2) is 23.2 Å². The van der Waals surface area contributed by atoms with Crippen molar-refractivity contribution in [1.82, 2.24) is 10.3 Å². The van der Waals surface area contributed by atoms with Gasteiger partial charge in [-0.1, -0.05) is 54.6 Å². The maximum atomic E-state index is 10.4. The minimum atomic E-state index is -0.497. The van der Waals surface area contributed by atoms with E-state index in [4.69, 9.17) is 0 Å². The second-order valence-corrected chi connectivity index (χ2v) is 7.42. The van der Waals surface area contributed by atoms with E-state index in [1.807, 2.05) is 30.3 Å². The molecule has 0 radical (unpaired) electrons. The number of aromatic nitrogens is 1. The van der Waals surface area contributed by atoms with E-state index < -0.39 is 6.10 Å². The summed E-state index contributed by atoms with van der Waals surface area (Å²) in [5.41, 5.74) is 3.40. The molecule has 0 aliphatic heterocycles. The van der Waals surface area contributed by atoms with Gasteiger partial charge in [0.1, 0.15) is 0 Å². The van der Waals surface area contributed by atoms with Crippen LogP contribution in [0.1, 0.15) is 28.0 Å². The molecule has 26 heavy (non-hydrogen) atoms. The second-order valence-electron chi connectivity index (χ2n) is 6.44. The Morgan fingerprint density at radius 2 is 1.73 bits per heavy atom. The maximum absolute atomic E-state index is 10.4. The molecule has 4 aromatic rings. The number of aliphatic hydroxyl groups excluding tert-OH is 1. The molecule has 0 unspecified atom stereocenters. The predicted molar refractivity (Wildman–Crippen MR) is 109 cm³/mol. The number of fused-ring (bicyclic) bond motifs is 1. The lowest BCUT2D eigenvalue weighted by molar-refractivity contribution is 0.174. The Morgan fingerprint density at radius 1 is 0.923 bits per heavy atom. The predicted octanol–water partition coefficient (Wildman–Crippen LogP) is 4.68. The average Bonchev–Trinajstić information content (AvgIpc) is 3.36. The maximum Gasteiger partial charge on any atom is 0.0914 e. The summed E-state index contributed by atoms with van der Waals surface area (Å²) in [6.07, 6.45) is 1.62. The van der Waals surface area contributed by atoms with Crippen molar-refractivity contribution in [2.75, 3.05) is 13.1 Å². The Morgan fingerprint density at radius 3 is 2.54 bits per heavy atom. The third-order valence-electron chi connectivity index (χ3n) is 4.75. The topological polar surface area (TPSA) is 48.0 Å². The van der Waals surface area contributed by atoms with Crippen LogP contribution < -0.4 is 5.32 Å². The molecule has 0 spiro atoms. The third-order valence-corrected chi connectivity index (χ3v) is 5.74. The van der Waals surface area contributed by atoms with Gasteiger partial charge in [-0.2, -0.15) is 0 Å². The second kappa shape index (κ2) is 7.87. The number of hydrogen-bond acceptors (Lipinski definition) is 3. The van der Waals surface area contributed by atoms with Crippen LogP contribution in [0.3, 0.4) is 0 Å². The van der Waals surface area contributed by atoms with E-state index in [1.54, 1.807) is 11.3 Å². The number of rotatable bonds is 7. The molecular formula is C22H22N2OS. The van der Waals surface area contributed by atoms with E-state index in [1.165, 1.54) is 15.8 Å². The van der Waals surface area contributed by atoms with Gasteiger partial charge < -0.3 is 15.4 Å². The highest BCUT2D eigenvalue weighted by molar-refractivity contribution is 7.10. The van der Waals surface area contributed by atoms with Gasteiger partial charge in [0, 0.05) is 41.0 Å². The van der Waals surface area contributed by atoms with Gasteiger partial charge in [-0.05, 0) is 28.6 Å². The molecule has 4 heteroatoms. The van der Waals surface area contributed by atoms with Crippen molar-refractivity contribution >= 4 is 22.2 Å². The summed E-state index contributed by atoms with van der Waals surface area (Å²) in [5, 5.41) is 17.2. The van der Waals surface area contributed by atoms with Crippen molar-refractivity contribution in [3.63, 3.8) is 0 Å². The van der Waals surface area contributed by atoms with E-state index in [-0.39, 0.29) is 5.92 Å². The lowest BCUT2D eigenvalue weighted by Crippen LogP contribution is -2.26. The molecule has 3 nitrogen and oxygen atoms in total. The molecule has 0 aliphatic rings. The number of nitrogens with one attached hydrogen (secondary N) is 2. The van der Waals surface area contributed by atoms with Crippen molar-refractivity contribution in [2.24, 2.45) is 0 Å². The number of benzene rings is 2. The molecule has 4 rings (SSSR count). The molecule has 3 N–H and O–H groups in total. The van der Waals surface area contributed by atoms with E-state index in [9.17, 15) is 5.11 Å². The van der Waals surface area contributed by atoms with Crippen LogP contribution in [0.15, 0.2) is 78.3 Å². The van der Waals surface area contributed by atoms with Gasteiger partial charge in [0.2, 0.25) is 0 Å². The van der Waals surface area contributed by atoms with Gasteiger partial charge in [0.25, 0.3) is 0 Å². The van der Waals surface area contributed by atoms with Crippen molar-refractivity contribution in [3.05, 3.63) is 94.3 Å². The highest BCUT2D eigenvalue weighted by Crippen LogP contribution is 2.32. The van der Waals surface area contributed by atoms with Gasteiger partial charge in [0.05, 0.1) is 6.10 Å². The van der Waals surface area contributed by atoms with Crippen LogP contribution in [0, 0.1) is 0 Å². The van der Waals surface area contributed by atoms with Gasteiger partial charge in [-0.3, -0.25) is 0 Å². The number of thiophene rings is 1. The number of aromatic amines is 1. The van der Waals surface area contributed by atoms with Crippen LogP contribution in [-0.2, 0) is 0 Å². The lowest BCUT2D eigenvalue weighted by atomic mass is 9.96. The van der Waals surface area contributed by atoms with E-state index >= 15 is 0 Å². The van der Waals surface area contributed by atoms with Crippen molar-refractivity contribution in [1.29, 1.82) is 0 Å². The summed E-state index contributed by atoms with van der Waals surface area (Å²) in [6, 6.07) is 22.5. The van der Waals surface area contributed by atoms with E-state index in [0.29, 0.717) is 6.54 Å². The van der Waals surface area contributed by atoms with Crippen LogP contribution in [0.4, 0.5) is 0 Å². The summed E-state index contributed by atoms with van der Waals surface area (Å²) < 4.78 is 0. The van der Waals surface area contributed by atoms with Crippen molar-refractivity contribution in [3.8, 4) is 0 Å². The lowest BCUT2D eigenvalue weighted by Gasteiger charge is -2.18. The van der Waals surface area contributed by atoms with Gasteiger partial charge in [-0.25, -0.2) is 0 Å². The zero-order valence-corrected chi connectivity index (χ0v) is 15.2. The Kier molecular flexibility index (Phi) is 5.16. The average molecular weight is 362 g/mol. The normalized spacial score (nSPS) is 13.7. The third kappa shape index (κ3) is 3.58. The first-order valence-corrected chi connectivity index (χ1v) is 9.74. The number of para-hydroxylation sites is 1. The SMILES string of the molecule is O[C@@H](CNC[C@H](c1cccs1)c1c[nH]c2ccccc12)c1ccccc1. The molecule has 0 saturated carbocycles. The van der Waals surface area contributed by atoms with Crippen molar-refractivity contribution < 1.29 is 5.11 Å². The van der Waals surface area contributed by atoms with Crippen molar-refractivity contribution in [2.45, 2.75) is 12.0 Å². The molecule has 0 fully saturated rings. The van der Waals surface area contributed by atoms with E-state index in [2.05, 4.69) is 58.3 Å². The molecule has 0 saturated heterocycles. The number of H-pyrrole nitrogens is 1. The number of hydrogen-bond donors (Lipinski definition) is 3. The number of aliphatic hydroxyl groups is 1. The summed E-state index contributed by atoms with van der Waals surface area (Å²) >= 11 is 1.78. The largest absolute Gasteiger partial charge is 0.387 e. The summed E-state index contributed by atoms with van der Waals surface area (Å²) in [6.45, 7) is 1.32. The Labute approximate surface area is 157 Å². The van der Waals surface area contributed by atoms with Crippen LogP contribution in [0.5, 0.6) is 0 Å². The summed E-state index contributed by atoms with van der Waals surface area (Å²) in [4.78, 5) is 4.71. The first kappa shape index (κ1) is 17.0. The molecule has 2 aromatic carbocycles. The fraction of sp³-hybridized carbons (Fsp3) is 0.182. The minimum absolute atomic E-state index is 0.258. The van der Waals surface area contributed by atoms with Gasteiger partial charge in [-0.15, -0.1) is 11.3 Å². The Hall–Kier alpha value is -2.40. The van der Waals surface area contributed by atoms with Crippen LogP contribution in [0.2, 0.25) is 0 Å². The zero-order chi connectivity index (χ0) is 17.8. The first-order chi connectivity index (χ1) is 12.8. The molecular weight excluding hydrogens is 340 g/mol. The smallest absolute Gasteiger partial charge is 0.0914 e. The van der Waals surface area contributed by atoms with E-state index in [0.717, 1.165) is 17.6 Å². The molecule has 0 bridgehead atoms. The minimum Gasteiger partial charge on any atom is -0.387 e. The van der Waals surface area contributed by atoms with Crippen LogP contribution in [0.25, 0.3) is 10.9 Å². The summed E-state index contributed by atoms with van der Waals surface area (Å²) in [7, 11) is 0. The molecule has 0 amide bonds. The Balaban J connectivity index is 1.52. The molecule has 132 valence electrons. The quantitative estimate of drug-likeness (QED) is 0.447. The molecule has 2 atom stereocenters.